The van der Waals surface area contributed by atoms with E-state index in [-0.39, 0.29) is 18.8 Å². The Morgan fingerprint density at radius 1 is 1.29 bits per heavy atom. The molecule has 0 aliphatic heterocycles. The van der Waals surface area contributed by atoms with Gasteiger partial charge in [-0.05, 0) is 5.56 Å². The van der Waals surface area contributed by atoms with Crippen molar-refractivity contribution in [3.63, 3.8) is 0 Å². The number of sulfone groups is 1. The lowest BCUT2D eigenvalue weighted by atomic mass is 10.1. The van der Waals surface area contributed by atoms with E-state index in [0.717, 1.165) is 11.8 Å². The summed E-state index contributed by atoms with van der Waals surface area (Å²) in [5.41, 5.74) is 0.751. The van der Waals surface area contributed by atoms with Crippen LogP contribution in [0.15, 0.2) is 30.3 Å². The number of benzene rings is 1. The van der Waals surface area contributed by atoms with Crippen molar-refractivity contribution in [2.75, 3.05) is 18.6 Å². The third-order valence-corrected chi connectivity index (χ3v) is 3.47. The predicted molar refractivity (Wildman–Crippen MR) is 75.8 cm³/mol. The maximum atomic E-state index is 11.4. The second-order valence-corrected chi connectivity index (χ2v) is 6.75. The number of amides is 1. The Hall–Kier alpha value is -2.09. The van der Waals surface area contributed by atoms with Gasteiger partial charge in [0, 0.05) is 12.7 Å². The van der Waals surface area contributed by atoms with E-state index in [0.29, 0.717) is 0 Å². The number of rotatable bonds is 7. The molecule has 0 aliphatic carbocycles. The molecule has 0 radical (unpaired) electrons. The largest absolute Gasteiger partial charge is 0.480 e. The van der Waals surface area contributed by atoms with Crippen molar-refractivity contribution < 1.29 is 27.9 Å². The highest BCUT2D eigenvalue weighted by molar-refractivity contribution is 7.90. The molecule has 0 aromatic heterocycles. The number of ether oxygens (including phenoxy) is 1. The fraction of sp³-hybridized carbons (Fsp3) is 0.385. The van der Waals surface area contributed by atoms with E-state index in [1.165, 1.54) is 0 Å². The molecule has 8 heteroatoms. The SMILES string of the molecule is CS(=O)(=O)CCOC(=O)N[C@@H](Cc1ccccc1)C(=O)O. The standard InChI is InChI=1S/C13H17NO6S/c1-21(18,19)8-7-20-13(17)14-11(12(15)16)9-10-5-3-2-4-6-10/h2-6,11H,7-9H2,1H3,(H,14,17)(H,15,16)/t11-/m0/s1. The van der Waals surface area contributed by atoms with Gasteiger partial charge in [0.05, 0.1) is 5.75 Å². The molecule has 0 heterocycles. The summed E-state index contributed by atoms with van der Waals surface area (Å²) < 4.78 is 26.4. The Balaban J connectivity index is 2.51. The first kappa shape index (κ1) is 17.0. The first-order chi connectivity index (χ1) is 9.78. The predicted octanol–water partition coefficient (Wildman–Crippen LogP) is 0.453. The van der Waals surface area contributed by atoms with Crippen LogP contribution in [-0.4, -0.2) is 50.2 Å². The molecule has 0 fully saturated rings. The van der Waals surface area contributed by atoms with Crippen molar-refractivity contribution in [1.29, 1.82) is 0 Å². The van der Waals surface area contributed by atoms with E-state index in [1.54, 1.807) is 30.3 Å². The molecule has 1 aromatic carbocycles. The minimum atomic E-state index is -3.23. The molecule has 0 spiro atoms. The molecular formula is C13H17NO6S. The van der Waals surface area contributed by atoms with E-state index < -0.39 is 27.9 Å². The van der Waals surface area contributed by atoms with Crippen LogP contribution in [0, 0.1) is 0 Å². The zero-order valence-electron chi connectivity index (χ0n) is 11.5. The lowest BCUT2D eigenvalue weighted by Crippen LogP contribution is -2.42. The summed E-state index contributed by atoms with van der Waals surface area (Å²) in [6.07, 6.45) is 0.170. The molecule has 0 unspecified atom stereocenters. The van der Waals surface area contributed by atoms with Crippen LogP contribution in [0.3, 0.4) is 0 Å². The Morgan fingerprint density at radius 2 is 1.90 bits per heavy atom. The molecule has 1 rings (SSSR count). The molecule has 0 saturated carbocycles. The topological polar surface area (TPSA) is 110 Å². The fourth-order valence-electron chi connectivity index (χ4n) is 1.52. The molecule has 7 nitrogen and oxygen atoms in total. The van der Waals surface area contributed by atoms with Crippen molar-refractivity contribution in [1.82, 2.24) is 5.32 Å². The van der Waals surface area contributed by atoms with Gasteiger partial charge in [0.2, 0.25) is 0 Å². The maximum Gasteiger partial charge on any atom is 0.407 e. The summed E-state index contributed by atoms with van der Waals surface area (Å²) in [6, 6.07) is 7.67. The van der Waals surface area contributed by atoms with Gasteiger partial charge in [0.1, 0.15) is 12.6 Å². The van der Waals surface area contributed by atoms with Gasteiger partial charge >= 0.3 is 12.1 Å². The zero-order chi connectivity index (χ0) is 15.9. The third kappa shape index (κ3) is 7.31. The summed E-state index contributed by atoms with van der Waals surface area (Å²) >= 11 is 0. The van der Waals surface area contributed by atoms with Crippen LogP contribution >= 0.6 is 0 Å². The lowest BCUT2D eigenvalue weighted by Gasteiger charge is -2.14. The van der Waals surface area contributed by atoms with Crippen LogP contribution in [0.25, 0.3) is 0 Å². The monoisotopic (exact) mass is 315 g/mol. The highest BCUT2D eigenvalue weighted by atomic mass is 32.2. The average molecular weight is 315 g/mol. The van der Waals surface area contributed by atoms with Crippen molar-refractivity contribution in [2.24, 2.45) is 0 Å². The van der Waals surface area contributed by atoms with Crippen LogP contribution < -0.4 is 5.32 Å². The average Bonchev–Trinajstić information content (AvgIpc) is 2.37. The number of aliphatic carboxylic acids is 1. The number of carboxylic acids is 1. The number of carboxylic acid groups (broad SMARTS) is 1. The van der Waals surface area contributed by atoms with Crippen LogP contribution in [0.2, 0.25) is 0 Å². The van der Waals surface area contributed by atoms with Gasteiger partial charge in [-0.3, -0.25) is 0 Å². The molecule has 0 aliphatic rings. The zero-order valence-corrected chi connectivity index (χ0v) is 12.3. The minimum absolute atomic E-state index is 0.108. The first-order valence-electron chi connectivity index (χ1n) is 6.15. The van der Waals surface area contributed by atoms with Gasteiger partial charge in [0.15, 0.2) is 9.84 Å². The van der Waals surface area contributed by atoms with E-state index >= 15 is 0 Å². The minimum Gasteiger partial charge on any atom is -0.480 e. The van der Waals surface area contributed by atoms with Gasteiger partial charge in [0.25, 0.3) is 0 Å². The second kappa shape index (κ2) is 7.63. The quantitative estimate of drug-likeness (QED) is 0.756. The summed E-state index contributed by atoms with van der Waals surface area (Å²) in [5.74, 6) is -1.50. The van der Waals surface area contributed by atoms with E-state index in [1.807, 2.05) is 0 Å². The number of nitrogens with one attached hydrogen (secondary N) is 1. The van der Waals surface area contributed by atoms with Gasteiger partial charge in [-0.1, -0.05) is 30.3 Å². The summed E-state index contributed by atoms with van der Waals surface area (Å²) in [5, 5.41) is 11.3. The van der Waals surface area contributed by atoms with E-state index in [4.69, 9.17) is 5.11 Å². The summed E-state index contributed by atoms with van der Waals surface area (Å²) in [6.45, 7) is -0.317. The van der Waals surface area contributed by atoms with Gasteiger partial charge in [-0.25, -0.2) is 18.0 Å². The number of carbonyl (C=O) groups excluding carboxylic acids is 1. The molecule has 1 amide bonds. The van der Waals surface area contributed by atoms with Gasteiger partial charge in [-0.15, -0.1) is 0 Å². The molecular weight excluding hydrogens is 298 g/mol. The first-order valence-corrected chi connectivity index (χ1v) is 8.22. The van der Waals surface area contributed by atoms with Crippen LogP contribution in [0.1, 0.15) is 5.56 Å². The Labute approximate surface area is 122 Å². The maximum absolute atomic E-state index is 11.4. The Kier molecular flexibility index (Phi) is 6.16. The van der Waals surface area contributed by atoms with Crippen LogP contribution in [0.4, 0.5) is 4.79 Å². The molecule has 1 atom stereocenters. The van der Waals surface area contributed by atoms with Crippen molar-refractivity contribution >= 4 is 21.9 Å². The molecule has 1 aromatic rings. The molecule has 0 bridgehead atoms. The summed E-state index contributed by atoms with van der Waals surface area (Å²) in [7, 11) is -3.23. The van der Waals surface area contributed by atoms with Crippen molar-refractivity contribution in [3.8, 4) is 0 Å². The van der Waals surface area contributed by atoms with E-state index in [2.05, 4.69) is 10.1 Å². The Morgan fingerprint density at radius 3 is 2.43 bits per heavy atom. The van der Waals surface area contributed by atoms with Crippen LogP contribution in [-0.2, 0) is 25.8 Å². The number of carbonyl (C=O) groups is 2. The van der Waals surface area contributed by atoms with E-state index in [9.17, 15) is 18.0 Å². The van der Waals surface area contributed by atoms with Gasteiger partial charge < -0.3 is 15.2 Å². The number of hydrogen-bond acceptors (Lipinski definition) is 5. The number of alkyl carbamates (subject to hydrolysis) is 1. The molecule has 0 saturated heterocycles. The smallest absolute Gasteiger partial charge is 0.407 e. The summed E-state index contributed by atoms with van der Waals surface area (Å²) in [4.78, 5) is 22.5. The normalized spacial score (nSPS) is 12.4. The van der Waals surface area contributed by atoms with Crippen molar-refractivity contribution in [2.45, 2.75) is 12.5 Å². The molecule has 116 valence electrons. The Bertz CT molecular complexity index is 584. The lowest BCUT2D eigenvalue weighted by molar-refractivity contribution is -0.139. The molecule has 21 heavy (non-hydrogen) atoms. The highest BCUT2D eigenvalue weighted by Gasteiger charge is 2.21. The van der Waals surface area contributed by atoms with Gasteiger partial charge in [-0.2, -0.15) is 0 Å². The van der Waals surface area contributed by atoms with Crippen LogP contribution in [0.5, 0.6) is 0 Å². The van der Waals surface area contributed by atoms with Crippen molar-refractivity contribution in [3.05, 3.63) is 35.9 Å². The number of hydrogen-bond donors (Lipinski definition) is 2. The molecule has 2 N–H and O–H groups in total. The highest BCUT2D eigenvalue weighted by Crippen LogP contribution is 2.03. The third-order valence-electron chi connectivity index (χ3n) is 2.56. The fourth-order valence-corrected chi connectivity index (χ4v) is 1.91. The second-order valence-electron chi connectivity index (χ2n) is 4.49.